The fourth-order valence-corrected chi connectivity index (χ4v) is 2.10. The van der Waals surface area contributed by atoms with Crippen LogP contribution in [0.15, 0.2) is 36.4 Å². The van der Waals surface area contributed by atoms with Crippen LogP contribution in [0.25, 0.3) is 10.8 Å². The quantitative estimate of drug-likeness (QED) is 0.882. The van der Waals surface area contributed by atoms with Gasteiger partial charge in [-0.1, -0.05) is 24.3 Å². The molecule has 0 spiro atoms. The highest BCUT2D eigenvalue weighted by Crippen LogP contribution is 2.23. The maximum absolute atomic E-state index is 12.3. The molecule has 0 aliphatic rings. The van der Waals surface area contributed by atoms with E-state index >= 15 is 0 Å². The SMILES string of the molecule is CC(C)(C)NC(=O)c1cccc2c(C(=O)O)cccc12. The summed E-state index contributed by atoms with van der Waals surface area (Å²) in [6, 6.07) is 10.1. The molecular weight excluding hydrogens is 254 g/mol. The number of amides is 1. The van der Waals surface area contributed by atoms with Crippen molar-refractivity contribution < 1.29 is 14.7 Å². The van der Waals surface area contributed by atoms with E-state index in [4.69, 9.17) is 0 Å². The van der Waals surface area contributed by atoms with Gasteiger partial charge in [0, 0.05) is 11.1 Å². The van der Waals surface area contributed by atoms with Gasteiger partial charge >= 0.3 is 5.97 Å². The predicted molar refractivity (Wildman–Crippen MR) is 78.1 cm³/mol. The van der Waals surface area contributed by atoms with E-state index in [2.05, 4.69) is 5.32 Å². The lowest BCUT2D eigenvalue weighted by Crippen LogP contribution is -2.40. The van der Waals surface area contributed by atoms with Crippen molar-refractivity contribution in [3.05, 3.63) is 47.5 Å². The number of nitrogens with one attached hydrogen (secondary N) is 1. The Morgan fingerprint density at radius 2 is 1.45 bits per heavy atom. The minimum atomic E-state index is -0.996. The third-order valence-electron chi connectivity index (χ3n) is 2.89. The maximum Gasteiger partial charge on any atom is 0.336 e. The largest absolute Gasteiger partial charge is 0.478 e. The van der Waals surface area contributed by atoms with Gasteiger partial charge in [-0.15, -0.1) is 0 Å². The first-order chi connectivity index (χ1) is 9.29. The van der Waals surface area contributed by atoms with Gasteiger partial charge in [-0.25, -0.2) is 4.79 Å². The molecule has 0 fully saturated rings. The first kappa shape index (κ1) is 14.1. The second-order valence-electron chi connectivity index (χ2n) is 5.72. The highest BCUT2D eigenvalue weighted by molar-refractivity contribution is 6.12. The van der Waals surface area contributed by atoms with Crippen LogP contribution in [-0.2, 0) is 0 Å². The molecule has 0 aliphatic carbocycles. The van der Waals surface area contributed by atoms with Gasteiger partial charge in [-0.2, -0.15) is 0 Å². The van der Waals surface area contributed by atoms with E-state index in [-0.39, 0.29) is 17.0 Å². The molecule has 0 heterocycles. The fourth-order valence-electron chi connectivity index (χ4n) is 2.10. The molecule has 0 saturated carbocycles. The summed E-state index contributed by atoms with van der Waals surface area (Å²) in [6.45, 7) is 5.70. The minimum absolute atomic E-state index is 0.202. The van der Waals surface area contributed by atoms with Crippen LogP contribution >= 0.6 is 0 Å². The van der Waals surface area contributed by atoms with Crippen molar-refractivity contribution in [3.63, 3.8) is 0 Å². The fraction of sp³-hybridized carbons (Fsp3) is 0.250. The first-order valence-corrected chi connectivity index (χ1v) is 6.37. The van der Waals surface area contributed by atoms with Gasteiger partial charge in [0.2, 0.25) is 0 Å². The lowest BCUT2D eigenvalue weighted by atomic mass is 9.99. The Morgan fingerprint density at radius 3 is 1.95 bits per heavy atom. The van der Waals surface area contributed by atoms with Crippen molar-refractivity contribution in [3.8, 4) is 0 Å². The molecule has 1 amide bonds. The molecule has 2 rings (SSSR count). The van der Waals surface area contributed by atoms with Crippen LogP contribution in [0.2, 0.25) is 0 Å². The lowest BCUT2D eigenvalue weighted by Gasteiger charge is -2.21. The topological polar surface area (TPSA) is 66.4 Å². The van der Waals surface area contributed by atoms with Gasteiger partial charge in [0.15, 0.2) is 0 Å². The van der Waals surface area contributed by atoms with Crippen molar-refractivity contribution in [2.24, 2.45) is 0 Å². The Balaban J connectivity index is 2.59. The van der Waals surface area contributed by atoms with Gasteiger partial charge < -0.3 is 10.4 Å². The molecule has 4 heteroatoms. The smallest absolute Gasteiger partial charge is 0.336 e. The van der Waals surface area contributed by atoms with Crippen LogP contribution in [0, 0.1) is 0 Å². The van der Waals surface area contributed by atoms with E-state index in [1.54, 1.807) is 30.3 Å². The molecule has 2 aromatic rings. The summed E-state index contributed by atoms with van der Waals surface area (Å²) < 4.78 is 0. The van der Waals surface area contributed by atoms with E-state index in [0.29, 0.717) is 16.3 Å². The van der Waals surface area contributed by atoms with Gasteiger partial charge in [0.25, 0.3) is 5.91 Å². The summed E-state index contributed by atoms with van der Waals surface area (Å²) >= 11 is 0. The molecule has 0 aliphatic heterocycles. The standard InChI is InChI=1S/C16H17NO3/c1-16(2,3)17-14(18)12-8-4-7-11-10(12)6-5-9-13(11)15(19)20/h4-9H,1-3H3,(H,17,18)(H,19,20). The van der Waals surface area contributed by atoms with Crippen LogP contribution in [0.4, 0.5) is 0 Å². The van der Waals surface area contributed by atoms with E-state index < -0.39 is 5.97 Å². The molecule has 2 aromatic carbocycles. The number of fused-ring (bicyclic) bond motifs is 1. The molecule has 104 valence electrons. The maximum atomic E-state index is 12.3. The Bertz CT molecular complexity index is 684. The zero-order chi connectivity index (χ0) is 14.9. The third kappa shape index (κ3) is 2.79. The zero-order valence-corrected chi connectivity index (χ0v) is 11.7. The van der Waals surface area contributed by atoms with E-state index in [1.807, 2.05) is 20.8 Å². The van der Waals surface area contributed by atoms with Crippen molar-refractivity contribution in [2.45, 2.75) is 26.3 Å². The third-order valence-corrected chi connectivity index (χ3v) is 2.89. The molecule has 0 aromatic heterocycles. The molecule has 20 heavy (non-hydrogen) atoms. The molecule has 2 N–H and O–H groups in total. The Morgan fingerprint density at radius 1 is 0.950 bits per heavy atom. The molecule has 0 bridgehead atoms. The van der Waals surface area contributed by atoms with Crippen LogP contribution in [0.1, 0.15) is 41.5 Å². The molecule has 0 unspecified atom stereocenters. The Labute approximate surface area is 117 Å². The molecule has 0 radical (unpaired) electrons. The number of benzene rings is 2. The second kappa shape index (κ2) is 4.96. The van der Waals surface area contributed by atoms with Gasteiger partial charge in [0.05, 0.1) is 5.56 Å². The van der Waals surface area contributed by atoms with E-state index in [1.165, 1.54) is 6.07 Å². The van der Waals surface area contributed by atoms with Crippen LogP contribution in [-0.4, -0.2) is 22.5 Å². The number of hydrogen-bond acceptors (Lipinski definition) is 2. The van der Waals surface area contributed by atoms with Gasteiger partial charge in [-0.3, -0.25) is 4.79 Å². The summed E-state index contributed by atoms with van der Waals surface area (Å²) in [4.78, 5) is 23.5. The molecule has 4 nitrogen and oxygen atoms in total. The average molecular weight is 271 g/mol. The monoisotopic (exact) mass is 271 g/mol. The summed E-state index contributed by atoms with van der Waals surface area (Å²) in [5.41, 5.74) is 0.345. The molecule has 0 atom stereocenters. The highest BCUT2D eigenvalue weighted by Gasteiger charge is 2.18. The molecule has 0 saturated heterocycles. The number of carbonyl (C=O) groups is 2. The van der Waals surface area contributed by atoms with Gasteiger partial charge in [0.1, 0.15) is 0 Å². The van der Waals surface area contributed by atoms with Gasteiger partial charge in [-0.05, 0) is 43.7 Å². The van der Waals surface area contributed by atoms with Crippen molar-refractivity contribution in [1.29, 1.82) is 0 Å². The summed E-state index contributed by atoms with van der Waals surface area (Å²) in [5, 5.41) is 13.3. The van der Waals surface area contributed by atoms with Crippen LogP contribution in [0.3, 0.4) is 0 Å². The zero-order valence-electron chi connectivity index (χ0n) is 11.7. The van der Waals surface area contributed by atoms with Crippen molar-refractivity contribution >= 4 is 22.6 Å². The van der Waals surface area contributed by atoms with Crippen molar-refractivity contribution in [1.82, 2.24) is 5.32 Å². The van der Waals surface area contributed by atoms with E-state index in [9.17, 15) is 14.7 Å². The Hall–Kier alpha value is -2.36. The number of rotatable bonds is 2. The van der Waals surface area contributed by atoms with Crippen molar-refractivity contribution in [2.75, 3.05) is 0 Å². The number of carboxylic acids is 1. The number of aromatic carboxylic acids is 1. The summed E-state index contributed by atoms with van der Waals surface area (Å²) in [7, 11) is 0. The predicted octanol–water partition coefficient (Wildman–Crippen LogP) is 3.07. The molecular formula is C16H17NO3. The van der Waals surface area contributed by atoms with Crippen LogP contribution in [0.5, 0.6) is 0 Å². The lowest BCUT2D eigenvalue weighted by molar-refractivity contribution is 0.0698. The highest BCUT2D eigenvalue weighted by atomic mass is 16.4. The number of carbonyl (C=O) groups excluding carboxylic acids is 1. The number of carboxylic acid groups (broad SMARTS) is 1. The first-order valence-electron chi connectivity index (χ1n) is 6.37. The normalized spacial score (nSPS) is 11.3. The van der Waals surface area contributed by atoms with E-state index in [0.717, 1.165) is 0 Å². The number of hydrogen-bond donors (Lipinski definition) is 2. The van der Waals surface area contributed by atoms with Crippen LogP contribution < -0.4 is 5.32 Å². The summed E-state index contributed by atoms with van der Waals surface area (Å²) in [6.07, 6.45) is 0. The minimum Gasteiger partial charge on any atom is -0.478 e. The Kier molecular flexibility index (Phi) is 3.49. The second-order valence-corrected chi connectivity index (χ2v) is 5.72. The summed E-state index contributed by atoms with van der Waals surface area (Å²) in [5.74, 6) is -1.20. The average Bonchev–Trinajstić information content (AvgIpc) is 2.35.